The van der Waals surface area contributed by atoms with Crippen LogP contribution in [0, 0.1) is 5.82 Å². The van der Waals surface area contributed by atoms with Crippen LogP contribution in [0.25, 0.3) is 10.8 Å². The van der Waals surface area contributed by atoms with Gasteiger partial charge in [0.1, 0.15) is 5.82 Å². The number of carboxylic acids is 1. The molecule has 9 heteroatoms. The smallest absolute Gasteiger partial charge is 0.393 e. The molecule has 0 atom stereocenters. The van der Waals surface area contributed by atoms with Crippen LogP contribution in [-0.4, -0.2) is 27.4 Å². The average molecular weight is 380 g/mol. The number of alkyl halides is 3. The van der Waals surface area contributed by atoms with Gasteiger partial charge in [-0.05, 0) is 35.4 Å². The summed E-state index contributed by atoms with van der Waals surface area (Å²) in [5.74, 6) is -2.35. The van der Waals surface area contributed by atoms with Crippen molar-refractivity contribution >= 4 is 16.7 Å². The van der Waals surface area contributed by atoms with Gasteiger partial charge in [0.25, 0.3) is 5.56 Å². The fraction of sp³-hybridized carbons (Fsp3) is 0.167. The molecule has 2 aromatic carbocycles. The zero-order valence-electron chi connectivity index (χ0n) is 13.6. The Balaban J connectivity index is 2.07. The van der Waals surface area contributed by atoms with Crippen LogP contribution in [0.4, 0.5) is 17.6 Å². The average Bonchev–Trinajstić information content (AvgIpc) is 2.57. The molecule has 3 aromatic rings. The summed E-state index contributed by atoms with van der Waals surface area (Å²) in [5, 5.41) is 15.5. The van der Waals surface area contributed by atoms with E-state index in [1.54, 1.807) is 0 Å². The molecular weight excluding hydrogens is 368 g/mol. The van der Waals surface area contributed by atoms with E-state index in [2.05, 4.69) is 10.2 Å². The molecule has 27 heavy (non-hydrogen) atoms. The molecule has 1 aromatic heterocycles. The van der Waals surface area contributed by atoms with Crippen molar-refractivity contribution in [3.8, 4) is 0 Å². The van der Waals surface area contributed by atoms with Gasteiger partial charge in [-0.3, -0.25) is 4.79 Å². The maximum Gasteiger partial charge on any atom is 0.393 e. The maximum atomic E-state index is 13.5. The van der Waals surface area contributed by atoms with E-state index in [0.29, 0.717) is 5.56 Å². The number of fused-ring (bicyclic) bond motifs is 1. The van der Waals surface area contributed by atoms with Crippen molar-refractivity contribution in [1.82, 2.24) is 10.2 Å². The third-order valence-corrected chi connectivity index (χ3v) is 3.97. The first-order valence-electron chi connectivity index (χ1n) is 7.73. The van der Waals surface area contributed by atoms with Crippen molar-refractivity contribution in [2.24, 2.45) is 0 Å². The normalized spacial score (nSPS) is 11.7. The third kappa shape index (κ3) is 4.13. The van der Waals surface area contributed by atoms with Gasteiger partial charge in [0, 0.05) is 11.8 Å². The van der Waals surface area contributed by atoms with E-state index < -0.39 is 35.5 Å². The summed E-state index contributed by atoms with van der Waals surface area (Å²) in [7, 11) is 0. The summed E-state index contributed by atoms with van der Waals surface area (Å²) in [6.07, 6.45) is -5.56. The summed E-state index contributed by atoms with van der Waals surface area (Å²) >= 11 is 0. The van der Waals surface area contributed by atoms with Crippen LogP contribution in [0.15, 0.2) is 41.2 Å². The topological polar surface area (TPSA) is 83.0 Å². The lowest BCUT2D eigenvalue weighted by Gasteiger charge is -2.10. The highest BCUT2D eigenvalue weighted by Gasteiger charge is 2.27. The number of nitrogens with zero attached hydrogens (tertiary/aromatic N) is 1. The first kappa shape index (κ1) is 18.6. The molecule has 0 spiro atoms. The largest absolute Gasteiger partial charge is 0.478 e. The Morgan fingerprint density at radius 1 is 1.07 bits per heavy atom. The number of benzene rings is 2. The van der Waals surface area contributed by atoms with E-state index in [9.17, 15) is 27.2 Å². The van der Waals surface area contributed by atoms with Crippen molar-refractivity contribution in [1.29, 1.82) is 0 Å². The second-order valence-corrected chi connectivity index (χ2v) is 5.97. The van der Waals surface area contributed by atoms with Crippen molar-refractivity contribution in [3.05, 3.63) is 75.0 Å². The van der Waals surface area contributed by atoms with Crippen molar-refractivity contribution in [2.45, 2.75) is 19.0 Å². The summed E-state index contributed by atoms with van der Waals surface area (Å²) in [5.41, 5.74) is -0.488. The molecule has 0 radical (unpaired) electrons. The van der Waals surface area contributed by atoms with Crippen molar-refractivity contribution < 1.29 is 27.5 Å². The minimum atomic E-state index is -4.41. The van der Waals surface area contributed by atoms with Gasteiger partial charge >= 0.3 is 12.1 Å². The summed E-state index contributed by atoms with van der Waals surface area (Å²) in [6.45, 7) is 0. The van der Waals surface area contributed by atoms with Gasteiger partial charge in [0.2, 0.25) is 0 Å². The lowest BCUT2D eigenvalue weighted by molar-refractivity contribution is -0.127. The van der Waals surface area contributed by atoms with Gasteiger partial charge < -0.3 is 5.11 Å². The first-order valence-corrected chi connectivity index (χ1v) is 7.73. The van der Waals surface area contributed by atoms with Crippen LogP contribution in [0.1, 0.15) is 27.2 Å². The Kier molecular flexibility index (Phi) is 4.69. The maximum absolute atomic E-state index is 13.5. The van der Waals surface area contributed by atoms with Gasteiger partial charge in [-0.25, -0.2) is 14.3 Å². The van der Waals surface area contributed by atoms with E-state index in [1.807, 2.05) is 0 Å². The predicted molar refractivity (Wildman–Crippen MR) is 88.3 cm³/mol. The van der Waals surface area contributed by atoms with Gasteiger partial charge in [-0.1, -0.05) is 12.1 Å². The summed E-state index contributed by atoms with van der Waals surface area (Å²) < 4.78 is 51.5. The molecule has 140 valence electrons. The summed E-state index contributed by atoms with van der Waals surface area (Å²) in [4.78, 5) is 23.0. The van der Waals surface area contributed by atoms with Crippen LogP contribution in [0.2, 0.25) is 0 Å². The number of aromatic amines is 1. The number of aromatic carboxylic acids is 1. The van der Waals surface area contributed by atoms with E-state index in [1.165, 1.54) is 24.3 Å². The van der Waals surface area contributed by atoms with E-state index in [-0.39, 0.29) is 28.5 Å². The lowest BCUT2D eigenvalue weighted by atomic mass is 10.00. The molecule has 0 bridgehead atoms. The Morgan fingerprint density at radius 3 is 2.44 bits per heavy atom. The van der Waals surface area contributed by atoms with Crippen LogP contribution in [0.3, 0.4) is 0 Å². The quantitative estimate of drug-likeness (QED) is 0.679. The van der Waals surface area contributed by atoms with E-state index in [4.69, 9.17) is 5.11 Å². The number of H-pyrrole nitrogens is 1. The highest BCUT2D eigenvalue weighted by atomic mass is 19.4. The number of carbonyl (C=O) groups is 1. The number of aromatic nitrogens is 2. The number of hydrogen-bond donors (Lipinski definition) is 2. The minimum absolute atomic E-state index is 0.00328. The van der Waals surface area contributed by atoms with Gasteiger partial charge in [0.15, 0.2) is 0 Å². The molecule has 3 rings (SSSR count). The molecule has 0 unspecified atom stereocenters. The fourth-order valence-corrected chi connectivity index (χ4v) is 2.78. The fourth-order valence-electron chi connectivity index (χ4n) is 2.78. The molecule has 1 heterocycles. The van der Waals surface area contributed by atoms with Gasteiger partial charge in [-0.15, -0.1) is 0 Å². The molecular formula is C18H12F4N2O3. The van der Waals surface area contributed by atoms with Gasteiger partial charge in [-0.2, -0.15) is 18.3 Å². The minimum Gasteiger partial charge on any atom is -0.478 e. The third-order valence-electron chi connectivity index (χ3n) is 3.97. The Hall–Kier alpha value is -3.23. The molecule has 0 saturated carbocycles. The number of halogens is 4. The second kappa shape index (κ2) is 6.82. The zero-order valence-corrected chi connectivity index (χ0v) is 13.6. The molecule has 0 fully saturated rings. The van der Waals surface area contributed by atoms with E-state index >= 15 is 0 Å². The van der Waals surface area contributed by atoms with Crippen LogP contribution >= 0.6 is 0 Å². The van der Waals surface area contributed by atoms with Crippen molar-refractivity contribution in [2.75, 3.05) is 0 Å². The number of rotatable bonds is 4. The standard InChI is InChI=1S/C18H12F4N2O3/c19-14-4-2-9(5-13(14)17(26)27)7-15-12-6-10(8-18(20,21)22)1-3-11(12)16(25)24-23-15/h1-6H,7-8H2,(H,24,25)(H,26,27). The Labute approximate surface area is 149 Å². The predicted octanol–water partition coefficient (Wildman–Crippen LogP) is 3.46. The molecule has 0 amide bonds. The highest BCUT2D eigenvalue weighted by Crippen LogP contribution is 2.25. The SMILES string of the molecule is O=C(O)c1cc(Cc2n[nH]c(=O)c3ccc(CC(F)(F)F)cc23)ccc1F. The zero-order chi connectivity index (χ0) is 19.8. The number of hydrogen-bond acceptors (Lipinski definition) is 3. The van der Waals surface area contributed by atoms with Crippen LogP contribution in [0.5, 0.6) is 0 Å². The molecule has 5 nitrogen and oxygen atoms in total. The second-order valence-electron chi connectivity index (χ2n) is 5.97. The van der Waals surface area contributed by atoms with E-state index in [0.717, 1.165) is 12.1 Å². The molecule has 0 saturated heterocycles. The van der Waals surface area contributed by atoms with Crippen molar-refractivity contribution in [3.63, 3.8) is 0 Å². The highest BCUT2D eigenvalue weighted by molar-refractivity contribution is 5.88. The van der Waals surface area contributed by atoms with Crippen LogP contribution < -0.4 is 5.56 Å². The van der Waals surface area contributed by atoms with Crippen LogP contribution in [-0.2, 0) is 12.8 Å². The Bertz CT molecular complexity index is 1090. The lowest BCUT2D eigenvalue weighted by Crippen LogP contribution is -2.14. The van der Waals surface area contributed by atoms with Gasteiger partial charge in [0.05, 0.1) is 23.1 Å². The number of carboxylic acid groups (broad SMARTS) is 1. The summed E-state index contributed by atoms with van der Waals surface area (Å²) in [6, 6.07) is 7.20. The Morgan fingerprint density at radius 2 is 1.78 bits per heavy atom. The molecule has 0 aliphatic carbocycles. The first-order chi connectivity index (χ1) is 12.6. The number of nitrogens with one attached hydrogen (secondary N) is 1. The monoisotopic (exact) mass is 380 g/mol. The molecule has 2 N–H and O–H groups in total. The molecule has 0 aliphatic rings. The molecule has 0 aliphatic heterocycles.